The van der Waals surface area contributed by atoms with Crippen LogP contribution in [0.3, 0.4) is 0 Å². The lowest BCUT2D eigenvalue weighted by atomic mass is 10.1. The Hall–Kier alpha value is -2.38. The van der Waals surface area contributed by atoms with Crippen LogP contribution in [0.1, 0.15) is 49.0 Å². The lowest BCUT2D eigenvalue weighted by Gasteiger charge is -2.30. The molecule has 1 aromatic carbocycles. The molecule has 1 aliphatic heterocycles. The molecule has 2 heterocycles. The van der Waals surface area contributed by atoms with Crippen molar-refractivity contribution in [3.05, 3.63) is 52.8 Å². The normalized spacial score (nSPS) is 16.4. The van der Waals surface area contributed by atoms with Gasteiger partial charge in [0.2, 0.25) is 0 Å². The number of ether oxygens (including phenoxy) is 1. The lowest BCUT2D eigenvalue weighted by molar-refractivity contribution is -0.143. The van der Waals surface area contributed by atoms with Crippen LogP contribution in [0.25, 0.3) is 0 Å². The fraction of sp³-hybridized carbons (Fsp3) is 0.522. The fourth-order valence-corrected chi connectivity index (χ4v) is 4.25. The molecule has 3 rings (SSSR count). The second-order valence-corrected chi connectivity index (χ2v) is 8.16. The zero-order valence-corrected chi connectivity index (χ0v) is 19.1. The maximum atomic E-state index is 13.3. The summed E-state index contributed by atoms with van der Waals surface area (Å²) in [6, 6.07) is 7.90. The van der Waals surface area contributed by atoms with Crippen LogP contribution in [0, 0.1) is 0 Å². The molecule has 0 radical (unpaired) electrons. The van der Waals surface area contributed by atoms with E-state index in [4.69, 9.17) is 16.3 Å². The summed E-state index contributed by atoms with van der Waals surface area (Å²) in [4.78, 5) is 29.4. The molecule has 0 saturated carbocycles. The fourth-order valence-electron chi connectivity index (χ4n) is 4.05. The average Bonchev–Trinajstić information content (AvgIpc) is 3.41. The highest BCUT2D eigenvalue weighted by Gasteiger charge is 2.28. The predicted octanol–water partition coefficient (Wildman–Crippen LogP) is 3.46. The molecule has 8 heteroatoms. The maximum absolute atomic E-state index is 13.3. The third-order valence-electron chi connectivity index (χ3n) is 5.69. The number of nitrogens with zero attached hydrogens (tertiary/aromatic N) is 4. The second kappa shape index (κ2) is 11.3. The van der Waals surface area contributed by atoms with Gasteiger partial charge in [0.15, 0.2) is 0 Å². The van der Waals surface area contributed by atoms with Gasteiger partial charge in [0.1, 0.15) is 0 Å². The monoisotopic (exact) mass is 446 g/mol. The van der Waals surface area contributed by atoms with E-state index in [0.717, 1.165) is 31.5 Å². The summed E-state index contributed by atoms with van der Waals surface area (Å²) in [5.41, 5.74) is 1.45. The molecule has 1 saturated heterocycles. The van der Waals surface area contributed by atoms with Gasteiger partial charge in [-0.15, -0.1) is 0 Å². The van der Waals surface area contributed by atoms with E-state index in [1.165, 1.54) is 0 Å². The summed E-state index contributed by atoms with van der Waals surface area (Å²) < 4.78 is 6.77. The smallest absolute Gasteiger partial charge is 0.307 e. The van der Waals surface area contributed by atoms with Crippen molar-refractivity contribution in [1.29, 1.82) is 0 Å². The Morgan fingerprint density at radius 3 is 2.84 bits per heavy atom. The maximum Gasteiger partial charge on any atom is 0.307 e. The number of carbonyl (C=O) groups is 2. The molecule has 0 aliphatic carbocycles. The average molecular weight is 447 g/mol. The molecule has 0 N–H and O–H groups in total. The minimum absolute atomic E-state index is 0.113. The highest BCUT2D eigenvalue weighted by Crippen LogP contribution is 2.20. The van der Waals surface area contributed by atoms with Crippen molar-refractivity contribution in [2.24, 2.45) is 0 Å². The lowest BCUT2D eigenvalue weighted by Crippen LogP contribution is -2.43. The number of esters is 1. The number of rotatable bonds is 10. The molecular formula is C23H31ClN4O3. The number of hydrogen-bond donors (Lipinski definition) is 0. The quantitative estimate of drug-likeness (QED) is 0.523. The van der Waals surface area contributed by atoms with Gasteiger partial charge in [-0.05, 0) is 44.5 Å². The van der Waals surface area contributed by atoms with Crippen molar-refractivity contribution in [1.82, 2.24) is 19.6 Å². The standard InChI is InChI=1S/C23H31ClN4O3/c1-3-26-12-7-9-20(26)17-27(13-11-22(29)31-4-2)23(30)19-14-25-28(16-19)15-18-8-5-6-10-21(18)24/h5-6,8,10,14,16,20H,3-4,7,9,11-13,15,17H2,1-2H3. The zero-order chi connectivity index (χ0) is 22.2. The van der Waals surface area contributed by atoms with Crippen LogP contribution in [0.2, 0.25) is 5.02 Å². The zero-order valence-electron chi connectivity index (χ0n) is 18.3. The van der Waals surface area contributed by atoms with Gasteiger partial charge in [-0.1, -0.05) is 36.7 Å². The Kier molecular flexibility index (Phi) is 8.49. The van der Waals surface area contributed by atoms with Gasteiger partial charge >= 0.3 is 5.97 Å². The summed E-state index contributed by atoms with van der Waals surface area (Å²) in [5.74, 6) is -0.397. The molecule has 0 spiro atoms. The van der Waals surface area contributed by atoms with Gasteiger partial charge in [-0.25, -0.2) is 0 Å². The minimum Gasteiger partial charge on any atom is -0.466 e. The Morgan fingerprint density at radius 1 is 1.29 bits per heavy atom. The van der Waals surface area contributed by atoms with Crippen LogP contribution < -0.4 is 0 Å². The van der Waals surface area contributed by atoms with Crippen LogP contribution in [0.4, 0.5) is 0 Å². The van der Waals surface area contributed by atoms with Gasteiger partial charge < -0.3 is 9.64 Å². The highest BCUT2D eigenvalue weighted by molar-refractivity contribution is 6.31. The van der Waals surface area contributed by atoms with Crippen molar-refractivity contribution in [3.63, 3.8) is 0 Å². The van der Waals surface area contributed by atoms with Crippen LogP contribution in [-0.2, 0) is 16.1 Å². The Morgan fingerprint density at radius 2 is 2.10 bits per heavy atom. The molecule has 1 aromatic heterocycles. The number of amides is 1. The van der Waals surface area contributed by atoms with Crippen LogP contribution in [0.5, 0.6) is 0 Å². The number of halogens is 1. The summed E-state index contributed by atoms with van der Waals surface area (Å²) in [6.07, 6.45) is 5.71. The molecule has 1 aliphatic rings. The van der Waals surface area contributed by atoms with E-state index >= 15 is 0 Å². The molecule has 0 bridgehead atoms. The summed E-state index contributed by atoms with van der Waals surface area (Å²) in [6.45, 7) is 7.70. The van der Waals surface area contributed by atoms with Gasteiger partial charge in [0.25, 0.3) is 5.91 Å². The molecule has 2 aromatic rings. The summed E-state index contributed by atoms with van der Waals surface area (Å²) in [5, 5.41) is 5.02. The van der Waals surface area contributed by atoms with Crippen molar-refractivity contribution >= 4 is 23.5 Å². The van der Waals surface area contributed by atoms with E-state index in [1.54, 1.807) is 28.9 Å². The summed E-state index contributed by atoms with van der Waals surface area (Å²) in [7, 11) is 0. The topological polar surface area (TPSA) is 67.7 Å². The first-order chi connectivity index (χ1) is 15.0. The highest BCUT2D eigenvalue weighted by atomic mass is 35.5. The first kappa shape index (κ1) is 23.3. The van der Waals surface area contributed by atoms with Crippen molar-refractivity contribution in [3.8, 4) is 0 Å². The SMILES string of the molecule is CCOC(=O)CCN(CC1CCCN1CC)C(=O)c1cnn(Cc2ccccc2Cl)c1. The Balaban J connectivity index is 1.71. The molecule has 1 unspecified atom stereocenters. The van der Waals surface area contributed by atoms with Gasteiger partial charge in [0, 0.05) is 30.4 Å². The van der Waals surface area contributed by atoms with Crippen molar-refractivity contribution in [2.75, 3.05) is 32.8 Å². The van der Waals surface area contributed by atoms with Crippen LogP contribution >= 0.6 is 11.6 Å². The molecule has 168 valence electrons. The Bertz CT molecular complexity index is 885. The number of likely N-dealkylation sites (N-methyl/N-ethyl adjacent to an activating group) is 1. The number of aromatic nitrogens is 2. The number of benzene rings is 1. The molecule has 1 atom stereocenters. The molecular weight excluding hydrogens is 416 g/mol. The molecule has 7 nitrogen and oxygen atoms in total. The van der Waals surface area contributed by atoms with Gasteiger partial charge in [-0.3, -0.25) is 19.2 Å². The van der Waals surface area contributed by atoms with Crippen molar-refractivity contribution < 1.29 is 14.3 Å². The minimum atomic E-state index is -0.284. The van der Waals surface area contributed by atoms with Crippen LogP contribution in [-0.4, -0.2) is 70.3 Å². The van der Waals surface area contributed by atoms with Gasteiger partial charge in [0.05, 0.1) is 31.3 Å². The first-order valence-corrected chi connectivity index (χ1v) is 11.3. The van der Waals surface area contributed by atoms with E-state index < -0.39 is 0 Å². The van der Waals surface area contributed by atoms with E-state index in [1.807, 2.05) is 24.3 Å². The van der Waals surface area contributed by atoms with E-state index in [-0.39, 0.29) is 18.3 Å². The van der Waals surface area contributed by atoms with E-state index in [9.17, 15) is 9.59 Å². The number of carbonyl (C=O) groups excluding carboxylic acids is 2. The van der Waals surface area contributed by atoms with Crippen molar-refractivity contribution in [2.45, 2.75) is 45.7 Å². The second-order valence-electron chi connectivity index (χ2n) is 7.75. The predicted molar refractivity (Wildman–Crippen MR) is 120 cm³/mol. The Labute approximate surface area is 188 Å². The molecule has 1 fully saturated rings. The third kappa shape index (κ3) is 6.31. The molecule has 31 heavy (non-hydrogen) atoms. The summed E-state index contributed by atoms with van der Waals surface area (Å²) >= 11 is 6.25. The third-order valence-corrected chi connectivity index (χ3v) is 6.05. The van der Waals surface area contributed by atoms with Gasteiger partial charge in [-0.2, -0.15) is 5.10 Å². The largest absolute Gasteiger partial charge is 0.466 e. The van der Waals surface area contributed by atoms with E-state index in [2.05, 4.69) is 16.9 Å². The molecule has 1 amide bonds. The number of hydrogen-bond acceptors (Lipinski definition) is 5. The first-order valence-electron chi connectivity index (χ1n) is 11.0. The number of likely N-dealkylation sites (tertiary alicyclic amines) is 1. The van der Waals surface area contributed by atoms with Crippen LogP contribution in [0.15, 0.2) is 36.7 Å². The van der Waals surface area contributed by atoms with E-state index in [0.29, 0.717) is 42.9 Å².